The number of hydrogen-bond donors (Lipinski definition) is 3. The van der Waals surface area contributed by atoms with Crippen molar-refractivity contribution in [2.24, 2.45) is 0 Å². The van der Waals surface area contributed by atoms with Gasteiger partial charge in [0, 0.05) is 13.1 Å². The minimum Gasteiger partial charge on any atom is -0.489 e. The average molecular weight is 399 g/mol. The summed E-state index contributed by atoms with van der Waals surface area (Å²) in [4.78, 5) is 19.3. The Bertz CT molecular complexity index is 751. The third kappa shape index (κ3) is 10.2. The number of aliphatic carboxylic acids is 2. The number of ether oxygens (including phenoxy) is 1. The van der Waals surface area contributed by atoms with E-state index in [0.717, 1.165) is 16.9 Å². The number of alkyl halides is 3. The van der Waals surface area contributed by atoms with Gasteiger partial charge in [0.25, 0.3) is 0 Å². The van der Waals surface area contributed by atoms with Crippen molar-refractivity contribution in [1.29, 1.82) is 0 Å². The molecule has 2 rings (SSSR count). The standard InChI is InChI=1S/C17H19NO3.C2HF3O2/c19-17(20)9-10-18-12-15-7-4-8-16(11-15)21-13-14-5-2-1-3-6-14;3-2(4,5)1(6)7/h1-8,11,18H,9-10,12-13H2,(H,19,20);(H,6,7). The Hall–Kier alpha value is -3.07. The first-order valence-corrected chi connectivity index (χ1v) is 8.17. The van der Waals surface area contributed by atoms with Crippen LogP contribution in [0, 0.1) is 0 Å². The van der Waals surface area contributed by atoms with Crippen LogP contribution >= 0.6 is 0 Å². The van der Waals surface area contributed by atoms with E-state index in [1.807, 2.05) is 54.6 Å². The highest BCUT2D eigenvalue weighted by Gasteiger charge is 2.38. The highest BCUT2D eigenvalue weighted by molar-refractivity contribution is 5.73. The maximum atomic E-state index is 10.6. The molecule has 0 fully saturated rings. The second-order valence-corrected chi connectivity index (χ2v) is 5.55. The van der Waals surface area contributed by atoms with Crippen LogP contribution in [0.2, 0.25) is 0 Å². The summed E-state index contributed by atoms with van der Waals surface area (Å²) in [5.74, 6) is -2.73. The van der Waals surface area contributed by atoms with E-state index in [1.165, 1.54) is 0 Å². The largest absolute Gasteiger partial charge is 0.490 e. The molecule has 0 saturated carbocycles. The van der Waals surface area contributed by atoms with Gasteiger partial charge in [-0.3, -0.25) is 4.79 Å². The zero-order valence-corrected chi connectivity index (χ0v) is 14.8. The highest BCUT2D eigenvalue weighted by atomic mass is 19.4. The molecule has 0 unspecified atom stereocenters. The molecule has 0 aliphatic carbocycles. The zero-order chi connectivity index (χ0) is 21.0. The molecular formula is C19H20F3NO5. The zero-order valence-electron chi connectivity index (χ0n) is 14.8. The number of halogens is 3. The Morgan fingerprint density at radius 2 is 1.57 bits per heavy atom. The van der Waals surface area contributed by atoms with Crippen molar-refractivity contribution in [2.75, 3.05) is 6.54 Å². The number of carboxylic acid groups (broad SMARTS) is 2. The topological polar surface area (TPSA) is 95.9 Å². The molecule has 6 nitrogen and oxygen atoms in total. The summed E-state index contributed by atoms with van der Waals surface area (Å²) in [6.07, 6.45) is -4.95. The van der Waals surface area contributed by atoms with E-state index >= 15 is 0 Å². The van der Waals surface area contributed by atoms with Gasteiger partial charge in [-0.2, -0.15) is 13.2 Å². The van der Waals surface area contributed by atoms with Gasteiger partial charge in [-0.05, 0) is 23.3 Å². The van der Waals surface area contributed by atoms with E-state index in [-0.39, 0.29) is 6.42 Å². The van der Waals surface area contributed by atoms with Crippen LogP contribution in [0.5, 0.6) is 5.75 Å². The monoisotopic (exact) mass is 399 g/mol. The molecule has 9 heteroatoms. The predicted octanol–water partition coefficient (Wildman–Crippen LogP) is 3.46. The SMILES string of the molecule is O=C(O)C(F)(F)F.O=C(O)CCNCc1cccc(OCc2ccccc2)c1. The van der Waals surface area contributed by atoms with Gasteiger partial charge in [-0.25, -0.2) is 4.79 Å². The Labute approximate surface area is 159 Å². The van der Waals surface area contributed by atoms with Gasteiger partial charge in [0.1, 0.15) is 12.4 Å². The van der Waals surface area contributed by atoms with Crippen molar-refractivity contribution >= 4 is 11.9 Å². The van der Waals surface area contributed by atoms with Crippen LogP contribution in [0.4, 0.5) is 13.2 Å². The predicted molar refractivity (Wildman–Crippen MR) is 94.9 cm³/mol. The minimum absolute atomic E-state index is 0.129. The molecule has 0 radical (unpaired) electrons. The fraction of sp³-hybridized carbons (Fsp3) is 0.263. The third-order valence-corrected chi connectivity index (χ3v) is 3.23. The summed E-state index contributed by atoms with van der Waals surface area (Å²) < 4.78 is 37.5. The van der Waals surface area contributed by atoms with Crippen LogP contribution in [-0.4, -0.2) is 34.9 Å². The molecule has 0 saturated heterocycles. The Morgan fingerprint density at radius 1 is 0.964 bits per heavy atom. The Morgan fingerprint density at radius 3 is 2.14 bits per heavy atom. The number of hydrogen-bond acceptors (Lipinski definition) is 4. The summed E-state index contributed by atoms with van der Waals surface area (Å²) in [5.41, 5.74) is 2.20. The van der Waals surface area contributed by atoms with Gasteiger partial charge in [-0.15, -0.1) is 0 Å². The molecule has 0 aliphatic heterocycles. The van der Waals surface area contributed by atoms with Gasteiger partial charge < -0.3 is 20.3 Å². The molecule has 3 N–H and O–H groups in total. The second kappa shape index (κ2) is 11.6. The van der Waals surface area contributed by atoms with Crippen LogP contribution in [-0.2, 0) is 22.7 Å². The lowest BCUT2D eigenvalue weighted by Gasteiger charge is -2.09. The van der Waals surface area contributed by atoms with Crippen molar-refractivity contribution in [3.05, 3.63) is 65.7 Å². The quantitative estimate of drug-likeness (QED) is 0.589. The van der Waals surface area contributed by atoms with Crippen molar-refractivity contribution in [1.82, 2.24) is 5.32 Å². The van der Waals surface area contributed by atoms with Gasteiger partial charge in [0.05, 0.1) is 6.42 Å². The van der Waals surface area contributed by atoms with Gasteiger partial charge in [0.15, 0.2) is 0 Å². The third-order valence-electron chi connectivity index (χ3n) is 3.23. The number of rotatable bonds is 8. The fourth-order valence-electron chi connectivity index (χ4n) is 1.91. The molecule has 2 aromatic carbocycles. The van der Waals surface area contributed by atoms with E-state index in [4.69, 9.17) is 19.7 Å². The minimum atomic E-state index is -5.08. The normalized spacial score (nSPS) is 10.5. The molecule has 0 atom stereocenters. The van der Waals surface area contributed by atoms with E-state index < -0.39 is 18.1 Å². The molecule has 0 aromatic heterocycles. The molecule has 0 amide bonds. The van der Waals surface area contributed by atoms with Crippen molar-refractivity contribution < 1.29 is 37.7 Å². The summed E-state index contributed by atoms with van der Waals surface area (Å²) in [6, 6.07) is 17.8. The maximum Gasteiger partial charge on any atom is 0.490 e. The van der Waals surface area contributed by atoms with Crippen molar-refractivity contribution in [3.63, 3.8) is 0 Å². The lowest BCUT2D eigenvalue weighted by molar-refractivity contribution is -0.192. The first-order chi connectivity index (χ1) is 13.2. The van der Waals surface area contributed by atoms with E-state index in [9.17, 15) is 18.0 Å². The smallest absolute Gasteiger partial charge is 0.489 e. The molecule has 28 heavy (non-hydrogen) atoms. The summed E-state index contributed by atoms with van der Waals surface area (Å²) in [6.45, 7) is 1.64. The first-order valence-electron chi connectivity index (χ1n) is 8.17. The Balaban J connectivity index is 0.000000480. The lowest BCUT2D eigenvalue weighted by Crippen LogP contribution is -2.21. The van der Waals surface area contributed by atoms with Crippen LogP contribution in [0.15, 0.2) is 54.6 Å². The number of carbonyl (C=O) groups is 2. The van der Waals surface area contributed by atoms with E-state index in [1.54, 1.807) is 0 Å². The molecule has 0 spiro atoms. The average Bonchev–Trinajstić information content (AvgIpc) is 2.64. The van der Waals surface area contributed by atoms with Gasteiger partial charge >= 0.3 is 18.1 Å². The molecular weight excluding hydrogens is 379 g/mol. The van der Waals surface area contributed by atoms with Crippen molar-refractivity contribution in [2.45, 2.75) is 25.7 Å². The molecule has 0 heterocycles. The van der Waals surface area contributed by atoms with Gasteiger partial charge in [-0.1, -0.05) is 42.5 Å². The van der Waals surface area contributed by atoms with Crippen LogP contribution < -0.4 is 10.1 Å². The van der Waals surface area contributed by atoms with Crippen molar-refractivity contribution in [3.8, 4) is 5.75 Å². The number of benzene rings is 2. The maximum absolute atomic E-state index is 10.6. The number of carboxylic acids is 2. The second-order valence-electron chi connectivity index (χ2n) is 5.55. The van der Waals surface area contributed by atoms with E-state index in [2.05, 4.69) is 5.32 Å². The first kappa shape index (κ1) is 23.0. The summed E-state index contributed by atoms with van der Waals surface area (Å²) in [7, 11) is 0. The van der Waals surface area contributed by atoms with Crippen LogP contribution in [0.25, 0.3) is 0 Å². The molecule has 0 bridgehead atoms. The number of nitrogens with one attached hydrogen (secondary N) is 1. The Kier molecular flexibility index (Phi) is 9.52. The lowest BCUT2D eigenvalue weighted by atomic mass is 10.2. The highest BCUT2D eigenvalue weighted by Crippen LogP contribution is 2.15. The summed E-state index contributed by atoms with van der Waals surface area (Å²) >= 11 is 0. The van der Waals surface area contributed by atoms with Crippen LogP contribution in [0.1, 0.15) is 17.5 Å². The molecule has 152 valence electrons. The summed E-state index contributed by atoms with van der Waals surface area (Å²) in [5, 5.41) is 18.8. The molecule has 0 aliphatic rings. The van der Waals surface area contributed by atoms with Gasteiger partial charge in [0.2, 0.25) is 0 Å². The van der Waals surface area contributed by atoms with Crippen LogP contribution in [0.3, 0.4) is 0 Å². The fourth-order valence-corrected chi connectivity index (χ4v) is 1.91. The van der Waals surface area contributed by atoms with E-state index in [0.29, 0.717) is 19.7 Å². The molecule has 2 aromatic rings.